The van der Waals surface area contributed by atoms with Crippen LogP contribution in [0.2, 0.25) is 43.3 Å². The molecule has 0 saturated heterocycles. The van der Waals surface area contributed by atoms with Gasteiger partial charge in [-0.1, -0.05) is 52.6 Å². The SMILES string of the molecule is CCNC(=O)C[C@H]1[C@@H](CO[Si](C)(C)C(C)(C)C)C=C[C@@H]1[Si](C)(C)C. The summed E-state index contributed by atoms with van der Waals surface area (Å²) in [6.45, 7) is 22.1. The Morgan fingerprint density at radius 3 is 2.17 bits per heavy atom. The lowest BCUT2D eigenvalue weighted by Crippen LogP contribution is -2.43. The van der Waals surface area contributed by atoms with Gasteiger partial charge < -0.3 is 9.74 Å². The maximum absolute atomic E-state index is 12.2. The molecular weight excluding hydrogens is 330 g/mol. The van der Waals surface area contributed by atoms with Crippen LogP contribution < -0.4 is 5.32 Å². The zero-order chi connectivity index (χ0) is 18.8. The van der Waals surface area contributed by atoms with Crippen LogP contribution >= 0.6 is 0 Å². The van der Waals surface area contributed by atoms with E-state index in [1.54, 1.807) is 0 Å². The van der Waals surface area contributed by atoms with Crippen molar-refractivity contribution < 1.29 is 9.22 Å². The molecule has 24 heavy (non-hydrogen) atoms. The Hall–Kier alpha value is -0.396. The minimum Gasteiger partial charge on any atom is -0.416 e. The molecule has 5 heteroatoms. The van der Waals surface area contributed by atoms with Crippen LogP contribution in [0, 0.1) is 11.8 Å². The summed E-state index contributed by atoms with van der Waals surface area (Å²) in [5, 5.41) is 3.20. The standard InChI is InChI=1S/C19H39NO2Si2/c1-10-20-18(21)13-16-15(11-12-17(16)23(5,6)7)14-22-24(8,9)19(2,3)4/h11-12,15-17H,10,13-14H2,1-9H3,(H,20,21)/t15-,16+,17+/m1/s1. The Kier molecular flexibility index (Phi) is 7.10. The van der Waals surface area contributed by atoms with Crippen molar-refractivity contribution in [1.82, 2.24) is 5.32 Å². The van der Waals surface area contributed by atoms with Crippen LogP contribution in [-0.4, -0.2) is 35.5 Å². The molecule has 0 aromatic rings. The Labute approximate surface area is 151 Å². The van der Waals surface area contributed by atoms with E-state index in [1.807, 2.05) is 6.92 Å². The fraction of sp³-hybridized carbons (Fsp3) is 0.842. The van der Waals surface area contributed by atoms with Crippen LogP contribution in [0.4, 0.5) is 0 Å². The topological polar surface area (TPSA) is 38.3 Å². The van der Waals surface area contributed by atoms with Gasteiger partial charge in [0.1, 0.15) is 0 Å². The van der Waals surface area contributed by atoms with Gasteiger partial charge in [0.05, 0.1) is 8.07 Å². The monoisotopic (exact) mass is 369 g/mol. The van der Waals surface area contributed by atoms with Crippen LogP contribution in [0.3, 0.4) is 0 Å². The third kappa shape index (κ3) is 5.56. The van der Waals surface area contributed by atoms with Crippen molar-refractivity contribution >= 4 is 22.3 Å². The van der Waals surface area contributed by atoms with E-state index in [4.69, 9.17) is 4.43 Å². The summed E-state index contributed by atoms with van der Waals surface area (Å²) in [7, 11) is -3.09. The summed E-state index contributed by atoms with van der Waals surface area (Å²) in [6.07, 6.45) is 5.34. The first kappa shape index (κ1) is 21.6. The number of rotatable bonds is 7. The molecule has 3 atom stereocenters. The van der Waals surface area contributed by atoms with Gasteiger partial charge in [0.25, 0.3) is 0 Å². The van der Waals surface area contributed by atoms with Gasteiger partial charge in [0, 0.05) is 25.5 Å². The molecule has 1 rings (SSSR count). The third-order valence-electron chi connectivity index (χ3n) is 5.81. The van der Waals surface area contributed by atoms with Gasteiger partial charge in [0.15, 0.2) is 8.32 Å². The van der Waals surface area contributed by atoms with Crippen LogP contribution in [-0.2, 0) is 9.22 Å². The third-order valence-corrected chi connectivity index (χ3v) is 12.9. The minimum atomic E-state index is -1.75. The second-order valence-electron chi connectivity index (χ2n) is 9.83. The van der Waals surface area contributed by atoms with Crippen LogP contribution in [0.5, 0.6) is 0 Å². The van der Waals surface area contributed by atoms with E-state index in [2.05, 4.69) is 71.0 Å². The zero-order valence-electron chi connectivity index (χ0n) is 17.3. The number of carbonyl (C=O) groups excluding carboxylic acids is 1. The average molecular weight is 370 g/mol. The molecule has 0 radical (unpaired) electrons. The van der Waals surface area contributed by atoms with Gasteiger partial charge in [-0.2, -0.15) is 0 Å². The molecule has 0 aliphatic heterocycles. The van der Waals surface area contributed by atoms with Crippen molar-refractivity contribution in [2.75, 3.05) is 13.2 Å². The molecule has 140 valence electrons. The normalized spacial score (nSPS) is 25.1. The molecule has 0 saturated carbocycles. The van der Waals surface area contributed by atoms with Crippen molar-refractivity contribution in [3.05, 3.63) is 12.2 Å². The Morgan fingerprint density at radius 2 is 1.71 bits per heavy atom. The van der Waals surface area contributed by atoms with Gasteiger partial charge in [-0.15, -0.1) is 0 Å². The number of carbonyl (C=O) groups is 1. The van der Waals surface area contributed by atoms with Crippen molar-refractivity contribution in [2.24, 2.45) is 11.8 Å². The van der Waals surface area contributed by atoms with E-state index >= 15 is 0 Å². The second-order valence-corrected chi connectivity index (χ2v) is 20.0. The molecule has 0 aromatic carbocycles. The summed E-state index contributed by atoms with van der Waals surface area (Å²) in [5.41, 5.74) is 0.563. The number of hydrogen-bond donors (Lipinski definition) is 1. The number of hydrogen-bond acceptors (Lipinski definition) is 2. The molecule has 1 amide bonds. The van der Waals surface area contributed by atoms with Crippen LogP contribution in [0.25, 0.3) is 0 Å². The Bertz CT molecular complexity index is 461. The molecule has 1 aliphatic carbocycles. The summed E-state index contributed by atoms with van der Waals surface area (Å²) in [6, 6.07) is 0. The predicted octanol–water partition coefficient (Wildman–Crippen LogP) is 5.05. The van der Waals surface area contributed by atoms with Crippen molar-refractivity contribution in [3.8, 4) is 0 Å². The Morgan fingerprint density at radius 1 is 1.12 bits per heavy atom. The highest BCUT2D eigenvalue weighted by molar-refractivity contribution is 6.78. The summed E-state index contributed by atoms with van der Waals surface area (Å²) < 4.78 is 6.48. The van der Waals surface area contributed by atoms with E-state index in [9.17, 15) is 4.79 Å². The molecule has 1 aliphatic rings. The van der Waals surface area contributed by atoms with Gasteiger partial charge in [-0.3, -0.25) is 4.79 Å². The highest BCUT2D eigenvalue weighted by Gasteiger charge is 2.42. The van der Waals surface area contributed by atoms with Crippen LogP contribution in [0.15, 0.2) is 12.2 Å². The highest BCUT2D eigenvalue weighted by atomic mass is 28.4. The summed E-state index contributed by atoms with van der Waals surface area (Å²) in [4.78, 5) is 12.2. The first-order valence-corrected chi connectivity index (χ1v) is 15.9. The molecule has 1 N–H and O–H groups in total. The second kappa shape index (κ2) is 7.87. The highest BCUT2D eigenvalue weighted by Crippen LogP contribution is 2.45. The van der Waals surface area contributed by atoms with Gasteiger partial charge in [-0.25, -0.2) is 0 Å². The van der Waals surface area contributed by atoms with Gasteiger partial charge in [-0.05, 0) is 36.5 Å². The van der Waals surface area contributed by atoms with E-state index in [0.29, 0.717) is 30.3 Å². The lowest BCUT2D eigenvalue weighted by Gasteiger charge is -2.38. The smallest absolute Gasteiger partial charge is 0.220 e. The predicted molar refractivity (Wildman–Crippen MR) is 110 cm³/mol. The van der Waals surface area contributed by atoms with E-state index < -0.39 is 16.4 Å². The minimum absolute atomic E-state index is 0.187. The van der Waals surface area contributed by atoms with Crippen molar-refractivity contribution in [2.45, 2.75) is 77.4 Å². The number of allylic oxidation sites excluding steroid dienone is 1. The van der Waals surface area contributed by atoms with Crippen molar-refractivity contribution in [3.63, 3.8) is 0 Å². The van der Waals surface area contributed by atoms with E-state index in [0.717, 1.165) is 6.61 Å². The number of amides is 1. The van der Waals surface area contributed by atoms with Crippen molar-refractivity contribution in [1.29, 1.82) is 0 Å². The quantitative estimate of drug-likeness (QED) is 0.504. The maximum Gasteiger partial charge on any atom is 0.220 e. The van der Waals surface area contributed by atoms with Crippen LogP contribution in [0.1, 0.15) is 34.1 Å². The van der Waals surface area contributed by atoms with E-state index in [1.165, 1.54) is 0 Å². The number of nitrogens with one attached hydrogen (secondary N) is 1. The molecule has 0 heterocycles. The van der Waals surface area contributed by atoms with E-state index in [-0.39, 0.29) is 10.9 Å². The largest absolute Gasteiger partial charge is 0.416 e. The fourth-order valence-corrected chi connectivity index (χ4v) is 6.59. The lowest BCUT2D eigenvalue weighted by atomic mass is 9.92. The molecule has 0 bridgehead atoms. The molecular formula is C19H39NO2Si2. The molecule has 3 nitrogen and oxygen atoms in total. The molecule has 0 aromatic heterocycles. The Balaban J connectivity index is 2.84. The maximum atomic E-state index is 12.2. The molecule has 0 fully saturated rings. The van der Waals surface area contributed by atoms with Gasteiger partial charge >= 0.3 is 0 Å². The summed E-state index contributed by atoms with van der Waals surface area (Å²) in [5.74, 6) is 0.957. The first-order chi connectivity index (χ1) is 10.8. The summed E-state index contributed by atoms with van der Waals surface area (Å²) >= 11 is 0. The zero-order valence-corrected chi connectivity index (χ0v) is 19.3. The fourth-order valence-electron chi connectivity index (χ4n) is 3.21. The molecule has 0 unspecified atom stereocenters. The first-order valence-electron chi connectivity index (χ1n) is 9.38. The average Bonchev–Trinajstić information content (AvgIpc) is 2.78. The van der Waals surface area contributed by atoms with Gasteiger partial charge in [0.2, 0.25) is 5.91 Å². The lowest BCUT2D eigenvalue weighted by molar-refractivity contribution is -0.122. The molecule has 0 spiro atoms.